The molecular weight excluding hydrogens is 286 g/mol. The number of carbonyl (C=O) groups excluding carboxylic acids is 1. The Balaban J connectivity index is 1.52. The SMILES string of the molecule is O=C(CC1CCCC1)N1CCSC(c2cccs2)CC1. The van der Waals surface area contributed by atoms with Crippen LogP contribution in [0.5, 0.6) is 0 Å². The van der Waals surface area contributed by atoms with Gasteiger partial charge in [-0.3, -0.25) is 4.79 Å². The highest BCUT2D eigenvalue weighted by atomic mass is 32.2. The first-order chi connectivity index (χ1) is 9.83. The van der Waals surface area contributed by atoms with Gasteiger partial charge in [-0.15, -0.1) is 11.3 Å². The van der Waals surface area contributed by atoms with Crippen LogP contribution in [0.2, 0.25) is 0 Å². The molecule has 2 nitrogen and oxygen atoms in total. The number of thiophene rings is 1. The van der Waals surface area contributed by atoms with Crippen molar-refractivity contribution in [2.24, 2.45) is 5.92 Å². The largest absolute Gasteiger partial charge is 0.342 e. The topological polar surface area (TPSA) is 20.3 Å². The van der Waals surface area contributed by atoms with Crippen molar-refractivity contribution in [2.75, 3.05) is 18.8 Å². The zero-order chi connectivity index (χ0) is 13.8. The second kappa shape index (κ2) is 6.99. The fourth-order valence-electron chi connectivity index (χ4n) is 3.31. The predicted octanol–water partition coefficient (Wildman–Crippen LogP) is 4.34. The minimum atomic E-state index is 0.407. The van der Waals surface area contributed by atoms with Gasteiger partial charge in [-0.2, -0.15) is 11.8 Å². The molecule has 2 aliphatic rings. The third-order valence-corrected chi connectivity index (χ3v) is 6.94. The zero-order valence-electron chi connectivity index (χ0n) is 11.9. The number of hydrogen-bond acceptors (Lipinski definition) is 3. The van der Waals surface area contributed by atoms with E-state index in [1.54, 1.807) is 0 Å². The highest BCUT2D eigenvalue weighted by Gasteiger charge is 2.25. The van der Waals surface area contributed by atoms with E-state index in [1.165, 1.54) is 30.6 Å². The Bertz CT molecular complexity index is 426. The minimum Gasteiger partial charge on any atom is -0.342 e. The van der Waals surface area contributed by atoms with Crippen molar-refractivity contribution in [2.45, 2.75) is 43.8 Å². The van der Waals surface area contributed by atoms with Gasteiger partial charge in [0.1, 0.15) is 0 Å². The molecule has 0 spiro atoms. The standard InChI is InChI=1S/C16H23NOS2/c18-16(12-13-4-1-2-5-13)17-8-7-15(20-11-9-17)14-6-3-10-19-14/h3,6,10,13,15H,1-2,4-5,7-9,11-12H2. The first-order valence-corrected chi connectivity index (χ1v) is 9.68. The van der Waals surface area contributed by atoms with E-state index in [-0.39, 0.29) is 0 Å². The van der Waals surface area contributed by atoms with Crippen molar-refractivity contribution >= 4 is 29.0 Å². The summed E-state index contributed by atoms with van der Waals surface area (Å²) >= 11 is 3.87. The normalized spacial score (nSPS) is 24.8. The van der Waals surface area contributed by atoms with E-state index in [4.69, 9.17) is 0 Å². The molecule has 2 fully saturated rings. The van der Waals surface area contributed by atoms with Crippen molar-refractivity contribution < 1.29 is 4.79 Å². The molecule has 1 atom stereocenters. The van der Waals surface area contributed by atoms with Crippen molar-refractivity contribution in [1.82, 2.24) is 4.90 Å². The molecule has 1 saturated heterocycles. The quantitative estimate of drug-likeness (QED) is 0.828. The van der Waals surface area contributed by atoms with Crippen molar-refractivity contribution in [3.05, 3.63) is 22.4 Å². The lowest BCUT2D eigenvalue weighted by atomic mass is 10.0. The van der Waals surface area contributed by atoms with Gasteiger partial charge in [-0.05, 0) is 36.6 Å². The smallest absolute Gasteiger partial charge is 0.222 e. The molecule has 3 rings (SSSR count). The lowest BCUT2D eigenvalue weighted by Crippen LogP contribution is -2.33. The summed E-state index contributed by atoms with van der Waals surface area (Å²) in [6.07, 6.45) is 7.11. The maximum Gasteiger partial charge on any atom is 0.222 e. The monoisotopic (exact) mass is 309 g/mol. The summed E-state index contributed by atoms with van der Waals surface area (Å²) in [6.45, 7) is 1.89. The van der Waals surface area contributed by atoms with Gasteiger partial charge < -0.3 is 4.90 Å². The van der Waals surface area contributed by atoms with Crippen LogP contribution < -0.4 is 0 Å². The molecule has 0 N–H and O–H groups in total. The fraction of sp³-hybridized carbons (Fsp3) is 0.688. The minimum absolute atomic E-state index is 0.407. The molecule has 0 bridgehead atoms. The molecule has 0 radical (unpaired) electrons. The number of rotatable bonds is 3. The Morgan fingerprint density at radius 3 is 2.85 bits per heavy atom. The highest BCUT2D eigenvalue weighted by molar-refractivity contribution is 7.99. The average molecular weight is 310 g/mol. The van der Waals surface area contributed by atoms with Gasteiger partial charge in [-0.25, -0.2) is 0 Å². The van der Waals surface area contributed by atoms with Crippen molar-refractivity contribution in [3.63, 3.8) is 0 Å². The number of amides is 1. The van der Waals surface area contributed by atoms with Crippen molar-refractivity contribution in [3.8, 4) is 0 Å². The summed E-state index contributed by atoms with van der Waals surface area (Å²) in [5.74, 6) is 2.16. The summed E-state index contributed by atoms with van der Waals surface area (Å²) in [5, 5.41) is 2.75. The number of thioether (sulfide) groups is 1. The van der Waals surface area contributed by atoms with Crippen LogP contribution >= 0.6 is 23.1 Å². The molecule has 20 heavy (non-hydrogen) atoms. The second-order valence-corrected chi connectivity index (χ2v) is 8.19. The molecule has 1 aromatic heterocycles. The maximum atomic E-state index is 12.4. The summed E-state index contributed by atoms with van der Waals surface area (Å²) < 4.78 is 0. The molecule has 1 aromatic rings. The second-order valence-electron chi connectivity index (χ2n) is 5.90. The first-order valence-electron chi connectivity index (χ1n) is 7.75. The third-order valence-electron chi connectivity index (χ3n) is 4.49. The molecule has 1 unspecified atom stereocenters. The first kappa shape index (κ1) is 14.5. The number of nitrogens with zero attached hydrogens (tertiary/aromatic N) is 1. The van der Waals surface area contributed by atoms with Crippen LogP contribution in [-0.2, 0) is 4.79 Å². The number of carbonyl (C=O) groups is 1. The molecule has 4 heteroatoms. The van der Waals surface area contributed by atoms with Crippen molar-refractivity contribution in [1.29, 1.82) is 0 Å². The zero-order valence-corrected chi connectivity index (χ0v) is 13.6. The Morgan fingerprint density at radius 2 is 2.10 bits per heavy atom. The van der Waals surface area contributed by atoms with Gasteiger partial charge in [0.25, 0.3) is 0 Å². The van der Waals surface area contributed by atoms with Gasteiger partial charge >= 0.3 is 0 Å². The maximum absolute atomic E-state index is 12.4. The Morgan fingerprint density at radius 1 is 1.25 bits per heavy atom. The Kier molecular flexibility index (Phi) is 5.05. The molecule has 1 amide bonds. The molecule has 0 aromatic carbocycles. The van der Waals surface area contributed by atoms with E-state index in [2.05, 4.69) is 22.4 Å². The lowest BCUT2D eigenvalue weighted by molar-refractivity contribution is -0.131. The molecule has 2 heterocycles. The van der Waals surface area contributed by atoms with E-state index in [0.29, 0.717) is 17.1 Å². The van der Waals surface area contributed by atoms with Gasteiger partial charge in [0, 0.05) is 35.4 Å². The lowest BCUT2D eigenvalue weighted by Gasteiger charge is -2.22. The van der Waals surface area contributed by atoms with E-state index in [1.807, 2.05) is 23.1 Å². The van der Waals surface area contributed by atoms with Crippen LogP contribution in [0.25, 0.3) is 0 Å². The van der Waals surface area contributed by atoms with Crippen LogP contribution in [0, 0.1) is 5.92 Å². The molecule has 1 aliphatic heterocycles. The summed E-state index contributed by atoms with van der Waals surface area (Å²) in [5.41, 5.74) is 0. The summed E-state index contributed by atoms with van der Waals surface area (Å²) in [4.78, 5) is 16.0. The van der Waals surface area contributed by atoms with Crippen LogP contribution in [0.3, 0.4) is 0 Å². The van der Waals surface area contributed by atoms with Gasteiger partial charge in [-0.1, -0.05) is 18.9 Å². The van der Waals surface area contributed by atoms with Gasteiger partial charge in [0.15, 0.2) is 0 Å². The average Bonchev–Trinajstić information content (AvgIpc) is 3.09. The van der Waals surface area contributed by atoms with Gasteiger partial charge in [0.2, 0.25) is 5.91 Å². The van der Waals surface area contributed by atoms with Crippen LogP contribution in [0.4, 0.5) is 0 Å². The van der Waals surface area contributed by atoms with Crippen LogP contribution in [0.15, 0.2) is 17.5 Å². The highest BCUT2D eigenvalue weighted by Crippen LogP contribution is 2.37. The van der Waals surface area contributed by atoms with E-state index < -0.39 is 0 Å². The molecule has 1 aliphatic carbocycles. The van der Waals surface area contributed by atoms with E-state index in [0.717, 1.165) is 31.7 Å². The Hall–Kier alpha value is -0.480. The predicted molar refractivity (Wildman–Crippen MR) is 87.3 cm³/mol. The number of hydrogen-bond donors (Lipinski definition) is 0. The summed E-state index contributed by atoms with van der Waals surface area (Å²) in [7, 11) is 0. The molecular formula is C16H23NOS2. The fourth-order valence-corrected chi connectivity index (χ4v) is 5.55. The molecule has 110 valence electrons. The van der Waals surface area contributed by atoms with Gasteiger partial charge in [0.05, 0.1) is 0 Å². The van der Waals surface area contributed by atoms with E-state index >= 15 is 0 Å². The van der Waals surface area contributed by atoms with Crippen LogP contribution in [0.1, 0.15) is 48.7 Å². The summed E-state index contributed by atoms with van der Waals surface area (Å²) in [6, 6.07) is 4.37. The Labute approximate surface area is 129 Å². The molecule has 1 saturated carbocycles. The van der Waals surface area contributed by atoms with E-state index in [9.17, 15) is 4.79 Å². The third kappa shape index (κ3) is 3.59. The van der Waals surface area contributed by atoms with Crippen LogP contribution in [-0.4, -0.2) is 29.6 Å².